The van der Waals surface area contributed by atoms with E-state index in [4.69, 9.17) is 4.42 Å². The van der Waals surface area contributed by atoms with E-state index in [0.29, 0.717) is 33.3 Å². The minimum atomic E-state index is -0.0920. The van der Waals surface area contributed by atoms with E-state index >= 15 is 0 Å². The fourth-order valence-electron chi connectivity index (χ4n) is 2.61. The second-order valence-corrected chi connectivity index (χ2v) is 6.06. The maximum absolute atomic E-state index is 13.0. The van der Waals surface area contributed by atoms with Crippen molar-refractivity contribution in [3.8, 4) is 5.75 Å². The molecule has 2 aromatic carbocycles. The molecule has 0 aliphatic carbocycles. The van der Waals surface area contributed by atoms with Crippen LogP contribution in [0.1, 0.15) is 34.2 Å². The predicted molar refractivity (Wildman–Crippen MR) is 89.6 cm³/mol. The molecule has 112 valence electrons. The first-order valence-corrected chi connectivity index (χ1v) is 7.86. The van der Waals surface area contributed by atoms with Gasteiger partial charge in [0.1, 0.15) is 17.1 Å². The molecular weight excluding hydrogens is 344 g/mol. The summed E-state index contributed by atoms with van der Waals surface area (Å²) in [6.45, 7) is 3.73. The lowest BCUT2D eigenvalue weighted by Gasteiger charge is -2.06. The third kappa shape index (κ3) is 2.33. The van der Waals surface area contributed by atoms with Crippen LogP contribution in [0.4, 0.5) is 0 Å². The quantitative estimate of drug-likeness (QED) is 0.670. The van der Waals surface area contributed by atoms with Crippen LogP contribution in [0.5, 0.6) is 5.75 Å². The molecule has 3 aromatic rings. The molecule has 0 unspecified atom stereocenters. The van der Waals surface area contributed by atoms with Gasteiger partial charge in [-0.2, -0.15) is 0 Å². The van der Waals surface area contributed by atoms with Crippen molar-refractivity contribution >= 4 is 32.7 Å². The van der Waals surface area contributed by atoms with Gasteiger partial charge in [0.25, 0.3) is 0 Å². The maximum Gasteiger partial charge on any atom is 0.197 e. The van der Waals surface area contributed by atoms with Crippen LogP contribution in [-0.4, -0.2) is 10.9 Å². The average Bonchev–Trinajstić information content (AvgIpc) is 2.89. The molecule has 0 atom stereocenters. The number of phenols is 1. The average molecular weight is 359 g/mol. The Kier molecular flexibility index (Phi) is 3.79. The summed E-state index contributed by atoms with van der Waals surface area (Å²) in [5.41, 5.74) is 2.51. The van der Waals surface area contributed by atoms with Crippen LogP contribution in [0.3, 0.4) is 0 Å². The number of phenolic OH excluding ortho intramolecular Hbond substituents is 1. The lowest BCUT2D eigenvalue weighted by atomic mass is 9.98. The van der Waals surface area contributed by atoms with Gasteiger partial charge in [0.2, 0.25) is 0 Å². The molecule has 0 spiro atoms. The molecule has 1 N–H and O–H groups in total. The van der Waals surface area contributed by atoms with Crippen LogP contribution < -0.4 is 0 Å². The number of aromatic hydroxyl groups is 1. The highest BCUT2D eigenvalue weighted by atomic mass is 79.9. The maximum atomic E-state index is 13.0. The van der Waals surface area contributed by atoms with Crippen LogP contribution >= 0.6 is 15.9 Å². The normalized spacial score (nSPS) is 11.0. The SMILES string of the molecule is CCc1oc2ccccc2c1C(=O)c1cc(C)c(O)c(Br)c1. The molecule has 0 bridgehead atoms. The van der Waals surface area contributed by atoms with Crippen LogP contribution in [0.15, 0.2) is 45.3 Å². The second-order valence-electron chi connectivity index (χ2n) is 5.20. The molecule has 0 fully saturated rings. The second kappa shape index (κ2) is 5.61. The first-order chi connectivity index (χ1) is 10.5. The van der Waals surface area contributed by atoms with E-state index in [2.05, 4.69) is 15.9 Å². The monoisotopic (exact) mass is 358 g/mol. The zero-order valence-corrected chi connectivity index (χ0v) is 13.9. The van der Waals surface area contributed by atoms with E-state index < -0.39 is 0 Å². The molecule has 3 rings (SSSR count). The number of para-hydroxylation sites is 1. The van der Waals surface area contributed by atoms with Crippen LogP contribution in [0, 0.1) is 6.92 Å². The number of furan rings is 1. The Bertz CT molecular complexity index is 854. The standard InChI is InChI=1S/C18H15BrO3/c1-3-14-16(12-6-4-5-7-15(12)22-14)18(21)11-8-10(2)17(20)13(19)9-11/h4-9,20H,3H2,1-2H3. The Morgan fingerprint density at radius 1 is 1.27 bits per heavy atom. The van der Waals surface area contributed by atoms with Crippen molar-refractivity contribution in [2.75, 3.05) is 0 Å². The molecular formula is C18H15BrO3. The zero-order chi connectivity index (χ0) is 15.9. The van der Waals surface area contributed by atoms with Crippen molar-refractivity contribution in [1.82, 2.24) is 0 Å². The van der Waals surface area contributed by atoms with Crippen molar-refractivity contribution in [2.24, 2.45) is 0 Å². The smallest absolute Gasteiger partial charge is 0.197 e. The molecule has 0 saturated carbocycles. The van der Waals surface area contributed by atoms with Gasteiger partial charge in [-0.05, 0) is 46.6 Å². The van der Waals surface area contributed by atoms with E-state index in [1.54, 1.807) is 19.1 Å². The highest BCUT2D eigenvalue weighted by Crippen LogP contribution is 2.32. The van der Waals surface area contributed by atoms with Gasteiger partial charge in [-0.15, -0.1) is 0 Å². The number of carbonyl (C=O) groups excluding carboxylic acids is 1. The zero-order valence-electron chi connectivity index (χ0n) is 12.3. The van der Waals surface area contributed by atoms with E-state index in [0.717, 1.165) is 11.0 Å². The Balaban J connectivity index is 2.21. The lowest BCUT2D eigenvalue weighted by Crippen LogP contribution is -2.04. The van der Waals surface area contributed by atoms with Crippen molar-refractivity contribution in [2.45, 2.75) is 20.3 Å². The minimum Gasteiger partial charge on any atom is -0.506 e. The molecule has 0 radical (unpaired) electrons. The molecule has 0 aliphatic heterocycles. The van der Waals surface area contributed by atoms with Gasteiger partial charge in [-0.1, -0.05) is 25.1 Å². The number of ketones is 1. The van der Waals surface area contributed by atoms with E-state index in [1.165, 1.54) is 0 Å². The van der Waals surface area contributed by atoms with Crippen LogP contribution in [-0.2, 0) is 6.42 Å². The molecule has 3 nitrogen and oxygen atoms in total. The van der Waals surface area contributed by atoms with Crippen molar-refractivity contribution < 1.29 is 14.3 Å². The Morgan fingerprint density at radius 3 is 2.68 bits per heavy atom. The molecule has 0 saturated heterocycles. The van der Waals surface area contributed by atoms with Gasteiger partial charge in [-0.3, -0.25) is 4.79 Å². The third-order valence-electron chi connectivity index (χ3n) is 3.73. The van der Waals surface area contributed by atoms with Gasteiger partial charge >= 0.3 is 0 Å². The number of fused-ring (bicyclic) bond motifs is 1. The predicted octanol–water partition coefficient (Wildman–Crippen LogP) is 5.00. The summed E-state index contributed by atoms with van der Waals surface area (Å²) in [6, 6.07) is 10.9. The van der Waals surface area contributed by atoms with Crippen molar-refractivity contribution in [1.29, 1.82) is 0 Å². The third-order valence-corrected chi connectivity index (χ3v) is 4.34. The number of carbonyl (C=O) groups is 1. The van der Waals surface area contributed by atoms with Gasteiger partial charge < -0.3 is 9.52 Å². The number of halogens is 1. The lowest BCUT2D eigenvalue weighted by molar-refractivity contribution is 0.103. The van der Waals surface area contributed by atoms with Gasteiger partial charge in [0.05, 0.1) is 10.0 Å². The summed E-state index contributed by atoms with van der Waals surface area (Å²) in [5.74, 6) is 0.753. The largest absolute Gasteiger partial charge is 0.506 e. The van der Waals surface area contributed by atoms with Crippen LogP contribution in [0.2, 0.25) is 0 Å². The van der Waals surface area contributed by atoms with E-state index in [9.17, 15) is 9.90 Å². The number of rotatable bonds is 3. The fraction of sp³-hybridized carbons (Fsp3) is 0.167. The molecule has 0 amide bonds. The highest BCUT2D eigenvalue weighted by Gasteiger charge is 2.22. The molecule has 22 heavy (non-hydrogen) atoms. The number of hydrogen-bond acceptors (Lipinski definition) is 3. The topological polar surface area (TPSA) is 50.4 Å². The van der Waals surface area contributed by atoms with Gasteiger partial charge in [0, 0.05) is 17.4 Å². The summed E-state index contributed by atoms with van der Waals surface area (Å²) in [4.78, 5) is 13.0. The van der Waals surface area contributed by atoms with Gasteiger partial charge in [0.15, 0.2) is 5.78 Å². The molecule has 4 heteroatoms. The van der Waals surface area contributed by atoms with Crippen molar-refractivity contribution in [3.05, 3.63) is 63.3 Å². The van der Waals surface area contributed by atoms with Crippen molar-refractivity contribution in [3.63, 3.8) is 0 Å². The summed E-state index contributed by atoms with van der Waals surface area (Å²) in [7, 11) is 0. The summed E-state index contributed by atoms with van der Waals surface area (Å²) >= 11 is 3.29. The van der Waals surface area contributed by atoms with Crippen LogP contribution in [0.25, 0.3) is 11.0 Å². The summed E-state index contributed by atoms with van der Waals surface area (Å²) < 4.78 is 6.31. The van der Waals surface area contributed by atoms with Gasteiger partial charge in [-0.25, -0.2) is 0 Å². The Morgan fingerprint density at radius 2 is 2.00 bits per heavy atom. The first kappa shape index (κ1) is 14.9. The highest BCUT2D eigenvalue weighted by molar-refractivity contribution is 9.10. The molecule has 1 heterocycles. The summed E-state index contributed by atoms with van der Waals surface area (Å²) in [5, 5.41) is 10.7. The number of benzene rings is 2. The number of aryl methyl sites for hydroxylation is 2. The van der Waals surface area contributed by atoms with E-state index in [-0.39, 0.29) is 11.5 Å². The molecule has 0 aliphatic rings. The fourth-order valence-corrected chi connectivity index (χ4v) is 3.17. The Labute approximate surface area is 136 Å². The summed E-state index contributed by atoms with van der Waals surface area (Å²) in [6.07, 6.45) is 0.647. The molecule has 1 aromatic heterocycles. The first-order valence-electron chi connectivity index (χ1n) is 7.07. The minimum absolute atomic E-state index is 0.0920. The Hall–Kier alpha value is -2.07. The number of hydrogen-bond donors (Lipinski definition) is 1. The van der Waals surface area contributed by atoms with E-state index in [1.807, 2.05) is 31.2 Å².